The Balaban J connectivity index is 1.78. The second-order valence-corrected chi connectivity index (χ2v) is 6.98. The van der Waals surface area contributed by atoms with Crippen LogP contribution in [0.4, 0.5) is 11.5 Å². The standard InChI is InChI=1S/C22H20N4O4/c1-13-15-10-6-7-11-16(15)30-18(13)21(28)25(2)17-19(23)26(22(29)24-20(17)27)12-14-8-4-3-5-9-14/h3-11H,12,23H2,1-2H3,(H,24,27,29). The van der Waals surface area contributed by atoms with Crippen molar-refractivity contribution in [3.05, 3.63) is 92.3 Å². The number of nitrogen functional groups attached to an aromatic ring is 1. The molecule has 2 aromatic heterocycles. The van der Waals surface area contributed by atoms with Crippen LogP contribution in [0, 0.1) is 6.92 Å². The van der Waals surface area contributed by atoms with E-state index in [1.54, 1.807) is 13.0 Å². The molecule has 4 aromatic rings. The molecular weight excluding hydrogens is 384 g/mol. The molecule has 30 heavy (non-hydrogen) atoms. The second-order valence-electron chi connectivity index (χ2n) is 6.98. The number of anilines is 2. The number of fused-ring (bicyclic) bond motifs is 1. The first-order valence-corrected chi connectivity index (χ1v) is 9.31. The molecule has 0 saturated heterocycles. The molecule has 0 aliphatic rings. The number of nitrogens with zero attached hydrogens (tertiary/aromatic N) is 2. The molecule has 2 heterocycles. The molecular formula is C22H20N4O4. The number of benzene rings is 2. The summed E-state index contributed by atoms with van der Waals surface area (Å²) in [4.78, 5) is 41.4. The molecule has 0 atom stereocenters. The Bertz CT molecular complexity index is 1370. The van der Waals surface area contributed by atoms with Gasteiger partial charge in [-0.25, -0.2) is 4.79 Å². The topological polar surface area (TPSA) is 114 Å². The molecule has 4 rings (SSSR count). The van der Waals surface area contributed by atoms with Gasteiger partial charge in [0.15, 0.2) is 11.4 Å². The zero-order chi connectivity index (χ0) is 21.4. The van der Waals surface area contributed by atoms with Gasteiger partial charge >= 0.3 is 5.69 Å². The predicted octanol–water partition coefficient (Wildman–Crippen LogP) is 2.50. The zero-order valence-corrected chi connectivity index (χ0v) is 16.5. The van der Waals surface area contributed by atoms with Crippen LogP contribution < -0.4 is 21.9 Å². The molecule has 0 unspecified atom stereocenters. The molecule has 2 aromatic carbocycles. The summed E-state index contributed by atoms with van der Waals surface area (Å²) >= 11 is 0. The van der Waals surface area contributed by atoms with Crippen molar-refractivity contribution < 1.29 is 9.21 Å². The maximum absolute atomic E-state index is 13.1. The van der Waals surface area contributed by atoms with E-state index in [0.29, 0.717) is 11.1 Å². The van der Waals surface area contributed by atoms with Gasteiger partial charge in [0, 0.05) is 18.0 Å². The number of nitrogens with one attached hydrogen (secondary N) is 1. The third kappa shape index (κ3) is 3.18. The third-order valence-corrected chi connectivity index (χ3v) is 5.08. The fraction of sp³-hybridized carbons (Fsp3) is 0.136. The van der Waals surface area contributed by atoms with Crippen molar-refractivity contribution in [2.24, 2.45) is 0 Å². The Labute approximate surface area is 171 Å². The minimum absolute atomic E-state index is 0.0998. The first-order chi connectivity index (χ1) is 14.4. The highest BCUT2D eigenvalue weighted by Crippen LogP contribution is 2.27. The second kappa shape index (κ2) is 7.40. The molecule has 0 spiro atoms. The number of rotatable bonds is 4. The maximum Gasteiger partial charge on any atom is 0.330 e. The lowest BCUT2D eigenvalue weighted by molar-refractivity contribution is 0.0967. The van der Waals surface area contributed by atoms with Crippen molar-refractivity contribution in [3.8, 4) is 0 Å². The normalized spacial score (nSPS) is 11.0. The van der Waals surface area contributed by atoms with Crippen molar-refractivity contribution in [1.29, 1.82) is 0 Å². The summed E-state index contributed by atoms with van der Waals surface area (Å²) < 4.78 is 6.94. The highest BCUT2D eigenvalue weighted by molar-refractivity contribution is 6.08. The van der Waals surface area contributed by atoms with Crippen LogP contribution in [-0.4, -0.2) is 22.5 Å². The number of aromatic amines is 1. The summed E-state index contributed by atoms with van der Waals surface area (Å²) in [6.45, 7) is 1.93. The number of aryl methyl sites for hydroxylation is 1. The summed E-state index contributed by atoms with van der Waals surface area (Å²) in [6.07, 6.45) is 0. The van der Waals surface area contributed by atoms with Crippen molar-refractivity contribution in [1.82, 2.24) is 9.55 Å². The van der Waals surface area contributed by atoms with E-state index in [2.05, 4.69) is 4.98 Å². The quantitative estimate of drug-likeness (QED) is 0.542. The fourth-order valence-corrected chi connectivity index (χ4v) is 3.46. The van der Waals surface area contributed by atoms with E-state index in [-0.39, 0.29) is 23.8 Å². The fourth-order valence-electron chi connectivity index (χ4n) is 3.46. The van der Waals surface area contributed by atoms with Crippen LogP contribution in [0.1, 0.15) is 21.7 Å². The Morgan fingerprint density at radius 3 is 2.47 bits per heavy atom. The molecule has 0 radical (unpaired) electrons. The molecule has 8 nitrogen and oxygen atoms in total. The molecule has 1 amide bonds. The van der Waals surface area contributed by atoms with Crippen molar-refractivity contribution in [2.75, 3.05) is 17.7 Å². The number of carbonyl (C=O) groups excluding carboxylic acids is 1. The number of hydrogen-bond acceptors (Lipinski definition) is 5. The van der Waals surface area contributed by atoms with Gasteiger partial charge in [0.05, 0.1) is 6.54 Å². The third-order valence-electron chi connectivity index (χ3n) is 5.08. The average molecular weight is 404 g/mol. The Morgan fingerprint density at radius 1 is 1.10 bits per heavy atom. The molecule has 152 valence electrons. The lowest BCUT2D eigenvalue weighted by atomic mass is 10.1. The number of carbonyl (C=O) groups is 1. The van der Waals surface area contributed by atoms with Gasteiger partial charge in [0.1, 0.15) is 11.4 Å². The van der Waals surface area contributed by atoms with Gasteiger partial charge in [-0.3, -0.25) is 19.1 Å². The first-order valence-electron chi connectivity index (χ1n) is 9.31. The molecule has 0 aliphatic carbocycles. The molecule has 0 aliphatic heterocycles. The van der Waals surface area contributed by atoms with Crippen LogP contribution >= 0.6 is 0 Å². The highest BCUT2D eigenvalue weighted by atomic mass is 16.3. The van der Waals surface area contributed by atoms with E-state index >= 15 is 0 Å². The summed E-state index contributed by atoms with van der Waals surface area (Å²) in [6, 6.07) is 16.5. The van der Waals surface area contributed by atoms with E-state index in [4.69, 9.17) is 10.2 Å². The van der Waals surface area contributed by atoms with E-state index < -0.39 is 17.2 Å². The number of furan rings is 1. The SMILES string of the molecule is Cc1c(C(=O)N(C)c2c(N)n(Cc3ccccc3)c(=O)[nH]c2=O)oc2ccccc12. The number of para-hydroxylation sites is 1. The van der Waals surface area contributed by atoms with E-state index in [1.165, 1.54) is 11.6 Å². The van der Waals surface area contributed by atoms with E-state index in [1.807, 2.05) is 48.5 Å². The summed E-state index contributed by atoms with van der Waals surface area (Å²) in [5.74, 6) is -0.527. The van der Waals surface area contributed by atoms with Crippen LogP contribution in [0.2, 0.25) is 0 Å². The molecule has 0 bridgehead atoms. The van der Waals surface area contributed by atoms with Crippen LogP contribution in [0.15, 0.2) is 68.6 Å². The minimum Gasteiger partial charge on any atom is -0.451 e. The first kappa shape index (κ1) is 19.3. The minimum atomic E-state index is -0.744. The van der Waals surface area contributed by atoms with Crippen LogP contribution in [-0.2, 0) is 6.54 Å². The van der Waals surface area contributed by atoms with Crippen molar-refractivity contribution in [2.45, 2.75) is 13.5 Å². The molecule has 8 heteroatoms. The molecule has 0 saturated carbocycles. The summed E-state index contributed by atoms with van der Waals surface area (Å²) in [5, 5.41) is 0.810. The maximum atomic E-state index is 13.1. The lowest BCUT2D eigenvalue weighted by Gasteiger charge is -2.20. The number of H-pyrrole nitrogens is 1. The molecule has 3 N–H and O–H groups in total. The lowest BCUT2D eigenvalue weighted by Crippen LogP contribution is -2.39. The molecule has 0 fully saturated rings. The summed E-state index contributed by atoms with van der Waals surface area (Å²) in [7, 11) is 1.42. The van der Waals surface area contributed by atoms with Gasteiger partial charge in [-0.15, -0.1) is 0 Å². The van der Waals surface area contributed by atoms with Crippen LogP contribution in [0.5, 0.6) is 0 Å². The predicted molar refractivity (Wildman–Crippen MR) is 115 cm³/mol. The zero-order valence-electron chi connectivity index (χ0n) is 16.5. The van der Waals surface area contributed by atoms with Gasteiger partial charge in [-0.05, 0) is 18.6 Å². The Morgan fingerprint density at radius 2 is 1.77 bits per heavy atom. The van der Waals surface area contributed by atoms with Crippen molar-refractivity contribution in [3.63, 3.8) is 0 Å². The van der Waals surface area contributed by atoms with Crippen LogP contribution in [0.3, 0.4) is 0 Å². The van der Waals surface area contributed by atoms with Gasteiger partial charge in [-0.1, -0.05) is 48.5 Å². The number of amides is 1. The van der Waals surface area contributed by atoms with Crippen LogP contribution in [0.25, 0.3) is 11.0 Å². The van der Waals surface area contributed by atoms with Gasteiger partial charge in [-0.2, -0.15) is 0 Å². The summed E-state index contributed by atoms with van der Waals surface area (Å²) in [5.41, 5.74) is 6.73. The number of hydrogen-bond donors (Lipinski definition) is 2. The van der Waals surface area contributed by atoms with E-state index in [0.717, 1.165) is 15.8 Å². The highest BCUT2D eigenvalue weighted by Gasteiger charge is 2.26. The number of nitrogens with two attached hydrogens (primary N) is 1. The number of aromatic nitrogens is 2. The van der Waals surface area contributed by atoms with Gasteiger partial charge in [0.25, 0.3) is 11.5 Å². The van der Waals surface area contributed by atoms with Gasteiger partial charge < -0.3 is 15.1 Å². The smallest absolute Gasteiger partial charge is 0.330 e. The van der Waals surface area contributed by atoms with Gasteiger partial charge in [0.2, 0.25) is 0 Å². The Kier molecular flexibility index (Phi) is 4.75. The van der Waals surface area contributed by atoms with E-state index in [9.17, 15) is 14.4 Å². The largest absolute Gasteiger partial charge is 0.451 e. The average Bonchev–Trinajstić information content (AvgIpc) is 3.08. The Hall–Kier alpha value is -4.07. The monoisotopic (exact) mass is 404 g/mol. The van der Waals surface area contributed by atoms with Crippen molar-refractivity contribution >= 4 is 28.4 Å².